The van der Waals surface area contributed by atoms with Crippen LogP contribution in [0.25, 0.3) is 0 Å². The predicted molar refractivity (Wildman–Crippen MR) is 66.3 cm³/mol. The van der Waals surface area contributed by atoms with E-state index in [2.05, 4.69) is 19.1 Å². The smallest absolute Gasteiger partial charge is 0.306 e. The summed E-state index contributed by atoms with van der Waals surface area (Å²) in [7, 11) is 0. The summed E-state index contributed by atoms with van der Waals surface area (Å²) in [6.45, 7) is 3.98. The first-order valence-electron chi connectivity index (χ1n) is 6.53. The summed E-state index contributed by atoms with van der Waals surface area (Å²) < 4.78 is 0. The quantitative estimate of drug-likeness (QED) is 0.695. The van der Waals surface area contributed by atoms with Gasteiger partial charge in [0.15, 0.2) is 0 Å². The molecule has 1 N–H and O–H groups in total. The molecule has 1 rings (SSSR count). The molecular formula is C14H24O2. The number of hydrogen-bond acceptors (Lipinski definition) is 1. The van der Waals surface area contributed by atoms with Gasteiger partial charge in [-0.25, -0.2) is 0 Å². The van der Waals surface area contributed by atoms with Gasteiger partial charge in [-0.05, 0) is 37.5 Å². The SMILES string of the molecule is CCC=CCC1CCCC1CC(C)C(=O)O. The first-order valence-corrected chi connectivity index (χ1v) is 6.53. The van der Waals surface area contributed by atoms with E-state index in [0.717, 1.165) is 25.2 Å². The minimum atomic E-state index is -0.644. The van der Waals surface area contributed by atoms with Crippen LogP contribution >= 0.6 is 0 Å². The average molecular weight is 224 g/mol. The predicted octanol–water partition coefficient (Wildman–Crippen LogP) is 3.87. The van der Waals surface area contributed by atoms with Gasteiger partial charge in [0.25, 0.3) is 0 Å². The topological polar surface area (TPSA) is 37.3 Å². The Bertz CT molecular complexity index is 245. The van der Waals surface area contributed by atoms with Crippen LogP contribution in [0.5, 0.6) is 0 Å². The van der Waals surface area contributed by atoms with Gasteiger partial charge in [-0.3, -0.25) is 4.79 Å². The van der Waals surface area contributed by atoms with Gasteiger partial charge >= 0.3 is 5.97 Å². The highest BCUT2D eigenvalue weighted by Gasteiger charge is 2.29. The molecule has 16 heavy (non-hydrogen) atoms. The summed E-state index contributed by atoms with van der Waals surface area (Å²) in [5.41, 5.74) is 0. The van der Waals surface area contributed by atoms with Crippen molar-refractivity contribution in [1.82, 2.24) is 0 Å². The van der Waals surface area contributed by atoms with Gasteiger partial charge in [0.05, 0.1) is 5.92 Å². The zero-order valence-electron chi connectivity index (χ0n) is 10.5. The third-order valence-electron chi connectivity index (χ3n) is 3.74. The van der Waals surface area contributed by atoms with Crippen LogP contribution in [0.1, 0.15) is 52.4 Å². The van der Waals surface area contributed by atoms with Crippen molar-refractivity contribution in [3.05, 3.63) is 12.2 Å². The molecule has 3 atom stereocenters. The Hall–Kier alpha value is -0.790. The second-order valence-electron chi connectivity index (χ2n) is 5.04. The molecule has 0 radical (unpaired) electrons. The Morgan fingerprint density at radius 1 is 1.38 bits per heavy atom. The Kier molecular flexibility index (Phi) is 5.58. The van der Waals surface area contributed by atoms with Gasteiger partial charge in [-0.15, -0.1) is 0 Å². The molecule has 1 saturated carbocycles. The standard InChI is InChI=1S/C14H24O2/c1-3-4-5-7-12-8-6-9-13(12)10-11(2)14(15)16/h4-5,11-13H,3,6-10H2,1-2H3,(H,15,16). The van der Waals surface area contributed by atoms with E-state index < -0.39 is 5.97 Å². The van der Waals surface area contributed by atoms with Crippen LogP contribution in [0, 0.1) is 17.8 Å². The molecule has 2 nitrogen and oxygen atoms in total. The van der Waals surface area contributed by atoms with Gasteiger partial charge in [-0.2, -0.15) is 0 Å². The summed E-state index contributed by atoms with van der Waals surface area (Å²) in [6.07, 6.45) is 11.4. The van der Waals surface area contributed by atoms with Gasteiger partial charge < -0.3 is 5.11 Å². The monoisotopic (exact) mass is 224 g/mol. The first kappa shape index (κ1) is 13.3. The molecule has 1 fully saturated rings. The normalized spacial score (nSPS) is 27.4. The number of hydrogen-bond donors (Lipinski definition) is 1. The van der Waals surface area contributed by atoms with Crippen molar-refractivity contribution in [2.75, 3.05) is 0 Å². The van der Waals surface area contributed by atoms with Gasteiger partial charge in [-0.1, -0.05) is 38.8 Å². The third-order valence-corrected chi connectivity index (χ3v) is 3.74. The largest absolute Gasteiger partial charge is 0.481 e. The summed E-state index contributed by atoms with van der Waals surface area (Å²) in [4.78, 5) is 10.8. The molecule has 1 aliphatic rings. The summed E-state index contributed by atoms with van der Waals surface area (Å²) in [5.74, 6) is 0.535. The first-order chi connectivity index (χ1) is 7.65. The van der Waals surface area contributed by atoms with E-state index >= 15 is 0 Å². The molecule has 0 heterocycles. The molecule has 0 bridgehead atoms. The summed E-state index contributed by atoms with van der Waals surface area (Å²) in [5, 5.41) is 8.93. The van der Waals surface area contributed by atoms with E-state index in [1.54, 1.807) is 0 Å². The van der Waals surface area contributed by atoms with Crippen LogP contribution in [-0.2, 0) is 4.79 Å². The van der Waals surface area contributed by atoms with Crippen molar-refractivity contribution in [1.29, 1.82) is 0 Å². The van der Waals surface area contributed by atoms with Crippen molar-refractivity contribution >= 4 is 5.97 Å². The molecule has 0 aromatic heterocycles. The molecule has 0 saturated heterocycles. The fourth-order valence-corrected chi connectivity index (χ4v) is 2.73. The fraction of sp³-hybridized carbons (Fsp3) is 0.786. The second-order valence-corrected chi connectivity index (χ2v) is 5.04. The molecule has 2 heteroatoms. The molecule has 0 spiro atoms. The lowest BCUT2D eigenvalue weighted by Gasteiger charge is -2.20. The molecule has 3 unspecified atom stereocenters. The van der Waals surface area contributed by atoms with Crippen molar-refractivity contribution in [2.45, 2.75) is 52.4 Å². The number of carbonyl (C=O) groups is 1. The maximum absolute atomic E-state index is 10.8. The van der Waals surface area contributed by atoms with Gasteiger partial charge in [0, 0.05) is 0 Å². The summed E-state index contributed by atoms with van der Waals surface area (Å²) >= 11 is 0. The minimum Gasteiger partial charge on any atom is -0.481 e. The third kappa shape index (κ3) is 3.99. The van der Waals surface area contributed by atoms with E-state index in [0.29, 0.717) is 5.92 Å². The van der Waals surface area contributed by atoms with E-state index in [9.17, 15) is 4.79 Å². The molecule has 1 aliphatic carbocycles. The average Bonchev–Trinajstić information content (AvgIpc) is 2.66. The maximum Gasteiger partial charge on any atom is 0.306 e. The van der Waals surface area contributed by atoms with Crippen LogP contribution in [0.2, 0.25) is 0 Å². The molecule has 0 aromatic carbocycles. The Morgan fingerprint density at radius 3 is 2.69 bits per heavy atom. The molecule has 0 amide bonds. The van der Waals surface area contributed by atoms with Crippen molar-refractivity contribution in [3.8, 4) is 0 Å². The van der Waals surface area contributed by atoms with Gasteiger partial charge in [0.2, 0.25) is 0 Å². The zero-order chi connectivity index (χ0) is 12.0. The van der Waals surface area contributed by atoms with Crippen LogP contribution in [-0.4, -0.2) is 11.1 Å². The number of carboxylic acids is 1. The fourth-order valence-electron chi connectivity index (χ4n) is 2.73. The van der Waals surface area contributed by atoms with Crippen molar-refractivity contribution < 1.29 is 9.90 Å². The zero-order valence-corrected chi connectivity index (χ0v) is 10.5. The van der Waals surface area contributed by atoms with Crippen LogP contribution in [0.15, 0.2) is 12.2 Å². The Labute approximate surface area is 98.7 Å². The van der Waals surface area contributed by atoms with E-state index in [1.807, 2.05) is 6.92 Å². The van der Waals surface area contributed by atoms with Crippen molar-refractivity contribution in [3.63, 3.8) is 0 Å². The highest BCUT2D eigenvalue weighted by molar-refractivity contribution is 5.69. The highest BCUT2D eigenvalue weighted by Crippen LogP contribution is 2.38. The van der Waals surface area contributed by atoms with Crippen LogP contribution in [0.4, 0.5) is 0 Å². The lowest BCUT2D eigenvalue weighted by Crippen LogP contribution is -2.17. The minimum absolute atomic E-state index is 0.180. The van der Waals surface area contributed by atoms with E-state index in [-0.39, 0.29) is 5.92 Å². The van der Waals surface area contributed by atoms with Gasteiger partial charge in [0.1, 0.15) is 0 Å². The lowest BCUT2D eigenvalue weighted by atomic mass is 9.85. The summed E-state index contributed by atoms with van der Waals surface area (Å²) in [6, 6.07) is 0. The van der Waals surface area contributed by atoms with Crippen molar-refractivity contribution in [2.24, 2.45) is 17.8 Å². The molecule has 0 aromatic rings. The molecule has 0 aliphatic heterocycles. The second kappa shape index (κ2) is 6.72. The Morgan fingerprint density at radius 2 is 2.06 bits per heavy atom. The number of carboxylic acid groups (broad SMARTS) is 1. The molecular weight excluding hydrogens is 200 g/mol. The number of aliphatic carboxylic acids is 1. The van der Waals surface area contributed by atoms with Crippen LogP contribution in [0.3, 0.4) is 0 Å². The number of rotatable bonds is 6. The maximum atomic E-state index is 10.8. The Balaban J connectivity index is 2.39. The highest BCUT2D eigenvalue weighted by atomic mass is 16.4. The van der Waals surface area contributed by atoms with Crippen LogP contribution < -0.4 is 0 Å². The van der Waals surface area contributed by atoms with E-state index in [4.69, 9.17) is 5.11 Å². The number of allylic oxidation sites excluding steroid dienone is 2. The lowest BCUT2D eigenvalue weighted by molar-refractivity contribution is -0.141. The van der Waals surface area contributed by atoms with E-state index in [1.165, 1.54) is 19.3 Å². The molecule has 92 valence electrons.